The first-order valence-electron chi connectivity index (χ1n) is 9.20. The van der Waals surface area contributed by atoms with Crippen LogP contribution in [-0.2, 0) is 23.2 Å². The van der Waals surface area contributed by atoms with Crippen molar-refractivity contribution in [3.63, 3.8) is 0 Å². The van der Waals surface area contributed by atoms with Crippen LogP contribution in [0.2, 0.25) is 0 Å². The first kappa shape index (κ1) is 24.1. The molecule has 9 heteroatoms. The lowest BCUT2D eigenvalue weighted by Crippen LogP contribution is -2.50. The molecule has 0 aromatic heterocycles. The minimum Gasteiger partial charge on any atom is -0.392 e. The number of sulfonamides is 1. The predicted molar refractivity (Wildman–Crippen MR) is 120 cm³/mol. The molecule has 0 atom stereocenters. The van der Waals surface area contributed by atoms with Crippen LogP contribution < -0.4 is 10.6 Å². The van der Waals surface area contributed by atoms with Crippen molar-refractivity contribution in [1.82, 2.24) is 14.9 Å². The Morgan fingerprint density at radius 3 is 2.41 bits per heavy atom. The Bertz CT molecular complexity index is 704. The number of halogens is 1. The van der Waals surface area contributed by atoms with Gasteiger partial charge in [-0.3, -0.25) is 0 Å². The fourth-order valence-electron chi connectivity index (χ4n) is 3.00. The Balaban J connectivity index is 0.00000364. The maximum Gasteiger partial charge on any atom is 0.213 e. The minimum atomic E-state index is -3.10. The smallest absolute Gasteiger partial charge is 0.213 e. The van der Waals surface area contributed by atoms with E-state index >= 15 is 0 Å². The standard InChI is InChI=1S/C18H30N4O3S.HI/c1-3-19-18(20-13-15-7-5-6-8-16(15)14-23)21-17-9-11-22(12-10-17)26(24,25)4-2;/h5-8,17,23H,3-4,9-14H2,1-2H3,(H2,19,20,21);1H. The Labute approximate surface area is 179 Å². The lowest BCUT2D eigenvalue weighted by atomic mass is 10.1. The van der Waals surface area contributed by atoms with Gasteiger partial charge in [-0.05, 0) is 37.8 Å². The van der Waals surface area contributed by atoms with Gasteiger partial charge in [-0.1, -0.05) is 24.3 Å². The van der Waals surface area contributed by atoms with E-state index < -0.39 is 10.0 Å². The quantitative estimate of drug-likeness (QED) is 0.295. The predicted octanol–water partition coefficient (Wildman–Crippen LogP) is 1.67. The first-order valence-corrected chi connectivity index (χ1v) is 10.8. The topological polar surface area (TPSA) is 94.0 Å². The van der Waals surface area contributed by atoms with Crippen molar-refractivity contribution < 1.29 is 13.5 Å². The van der Waals surface area contributed by atoms with Crippen molar-refractivity contribution in [2.24, 2.45) is 4.99 Å². The van der Waals surface area contributed by atoms with Crippen LogP contribution in [0.15, 0.2) is 29.3 Å². The van der Waals surface area contributed by atoms with Crippen LogP contribution in [0, 0.1) is 0 Å². The molecule has 27 heavy (non-hydrogen) atoms. The van der Waals surface area contributed by atoms with Crippen molar-refractivity contribution in [1.29, 1.82) is 0 Å². The van der Waals surface area contributed by atoms with Gasteiger partial charge < -0.3 is 15.7 Å². The third-order valence-electron chi connectivity index (χ3n) is 4.59. The summed E-state index contributed by atoms with van der Waals surface area (Å²) in [6.45, 7) is 6.00. The van der Waals surface area contributed by atoms with E-state index in [0.717, 1.165) is 36.5 Å². The Hall–Kier alpha value is -0.910. The fourth-order valence-corrected chi connectivity index (χ4v) is 4.14. The number of rotatable bonds is 7. The molecule has 3 N–H and O–H groups in total. The van der Waals surface area contributed by atoms with Gasteiger partial charge in [0, 0.05) is 25.7 Å². The summed E-state index contributed by atoms with van der Waals surface area (Å²) in [6, 6.07) is 7.90. The maximum atomic E-state index is 12.0. The molecule has 0 aliphatic carbocycles. The number of nitrogens with zero attached hydrogens (tertiary/aromatic N) is 2. The summed E-state index contributed by atoms with van der Waals surface area (Å²) in [5, 5.41) is 16.1. The summed E-state index contributed by atoms with van der Waals surface area (Å²) >= 11 is 0. The highest BCUT2D eigenvalue weighted by molar-refractivity contribution is 14.0. The van der Waals surface area contributed by atoms with E-state index in [1.54, 1.807) is 11.2 Å². The molecule has 1 aliphatic rings. The molecular weight excluding hydrogens is 479 g/mol. The molecule has 1 heterocycles. The van der Waals surface area contributed by atoms with Crippen LogP contribution in [0.1, 0.15) is 37.8 Å². The second-order valence-electron chi connectivity index (χ2n) is 6.34. The van der Waals surface area contributed by atoms with Crippen LogP contribution in [0.25, 0.3) is 0 Å². The fraction of sp³-hybridized carbons (Fsp3) is 0.611. The number of guanidine groups is 1. The van der Waals surface area contributed by atoms with Crippen LogP contribution >= 0.6 is 24.0 Å². The zero-order valence-corrected chi connectivity index (χ0v) is 19.2. The van der Waals surface area contributed by atoms with E-state index in [0.29, 0.717) is 19.6 Å². The van der Waals surface area contributed by atoms with Gasteiger partial charge in [0.15, 0.2) is 5.96 Å². The molecule has 0 saturated carbocycles. The Kier molecular flexibility index (Phi) is 10.6. The van der Waals surface area contributed by atoms with E-state index in [4.69, 9.17) is 0 Å². The summed E-state index contributed by atoms with van der Waals surface area (Å²) in [7, 11) is -3.10. The SMILES string of the molecule is CCNC(=NCc1ccccc1CO)NC1CCN(S(=O)(=O)CC)CC1.I. The number of aliphatic hydroxyl groups excluding tert-OH is 1. The molecule has 1 aromatic carbocycles. The Morgan fingerprint density at radius 1 is 1.22 bits per heavy atom. The largest absolute Gasteiger partial charge is 0.392 e. The monoisotopic (exact) mass is 510 g/mol. The van der Waals surface area contributed by atoms with Gasteiger partial charge in [0.25, 0.3) is 0 Å². The van der Waals surface area contributed by atoms with Crippen molar-refractivity contribution in [2.45, 2.75) is 45.9 Å². The van der Waals surface area contributed by atoms with Crippen LogP contribution in [0.3, 0.4) is 0 Å². The number of hydrogen-bond acceptors (Lipinski definition) is 4. The zero-order valence-electron chi connectivity index (χ0n) is 16.0. The van der Waals surface area contributed by atoms with E-state index in [2.05, 4.69) is 15.6 Å². The van der Waals surface area contributed by atoms with Gasteiger partial charge in [-0.25, -0.2) is 17.7 Å². The highest BCUT2D eigenvalue weighted by atomic mass is 127. The molecule has 0 amide bonds. The molecule has 154 valence electrons. The van der Waals surface area contributed by atoms with Crippen LogP contribution in [0.5, 0.6) is 0 Å². The van der Waals surface area contributed by atoms with Gasteiger partial charge in [0.2, 0.25) is 10.0 Å². The summed E-state index contributed by atoms with van der Waals surface area (Å²) in [5.74, 6) is 0.872. The second-order valence-corrected chi connectivity index (χ2v) is 8.60. The molecule has 0 bridgehead atoms. The molecule has 1 saturated heterocycles. The lowest BCUT2D eigenvalue weighted by molar-refractivity contribution is 0.280. The molecule has 7 nitrogen and oxygen atoms in total. The molecule has 0 unspecified atom stereocenters. The number of nitrogens with one attached hydrogen (secondary N) is 2. The maximum absolute atomic E-state index is 12.0. The van der Waals surface area contributed by atoms with E-state index in [1.165, 1.54) is 0 Å². The Morgan fingerprint density at radius 2 is 1.85 bits per heavy atom. The van der Waals surface area contributed by atoms with Crippen LogP contribution in [-0.4, -0.2) is 55.2 Å². The molecule has 1 aromatic rings. The second kappa shape index (κ2) is 11.8. The lowest BCUT2D eigenvalue weighted by Gasteiger charge is -2.32. The molecule has 0 spiro atoms. The molecule has 0 radical (unpaired) electrons. The minimum absolute atomic E-state index is 0. The summed E-state index contributed by atoms with van der Waals surface area (Å²) in [6.07, 6.45) is 1.52. The molecular formula is C18H31IN4O3S. The van der Waals surface area contributed by atoms with Gasteiger partial charge in [-0.15, -0.1) is 24.0 Å². The first-order chi connectivity index (χ1) is 12.5. The van der Waals surface area contributed by atoms with Gasteiger partial charge >= 0.3 is 0 Å². The average Bonchev–Trinajstić information content (AvgIpc) is 2.67. The van der Waals surface area contributed by atoms with Gasteiger partial charge in [-0.2, -0.15) is 0 Å². The normalized spacial score (nSPS) is 16.6. The van der Waals surface area contributed by atoms with Crippen molar-refractivity contribution >= 4 is 40.0 Å². The highest BCUT2D eigenvalue weighted by Gasteiger charge is 2.26. The number of piperidine rings is 1. The van der Waals surface area contributed by atoms with Crippen molar-refractivity contribution in [3.05, 3.63) is 35.4 Å². The third-order valence-corrected chi connectivity index (χ3v) is 6.47. The molecule has 1 fully saturated rings. The number of aliphatic hydroxyl groups is 1. The summed E-state index contributed by atoms with van der Waals surface area (Å²) in [5.41, 5.74) is 1.88. The molecule has 1 aliphatic heterocycles. The van der Waals surface area contributed by atoms with E-state index in [9.17, 15) is 13.5 Å². The highest BCUT2D eigenvalue weighted by Crippen LogP contribution is 2.15. The zero-order chi connectivity index (χ0) is 19.0. The number of hydrogen-bond donors (Lipinski definition) is 3. The summed E-state index contributed by atoms with van der Waals surface area (Å²) in [4.78, 5) is 4.62. The number of aliphatic imine (C=N–C) groups is 1. The van der Waals surface area contributed by atoms with Crippen molar-refractivity contribution in [3.8, 4) is 0 Å². The van der Waals surface area contributed by atoms with E-state index in [-0.39, 0.29) is 42.4 Å². The number of benzene rings is 1. The average molecular weight is 510 g/mol. The van der Waals surface area contributed by atoms with Gasteiger partial charge in [0.05, 0.1) is 18.9 Å². The van der Waals surface area contributed by atoms with Crippen molar-refractivity contribution in [2.75, 3.05) is 25.4 Å². The van der Waals surface area contributed by atoms with Gasteiger partial charge in [0.1, 0.15) is 0 Å². The third kappa shape index (κ3) is 7.20. The van der Waals surface area contributed by atoms with Crippen LogP contribution in [0.4, 0.5) is 0 Å². The van der Waals surface area contributed by atoms with E-state index in [1.807, 2.05) is 31.2 Å². The molecule has 2 rings (SSSR count). The summed E-state index contributed by atoms with van der Waals surface area (Å²) < 4.78 is 25.5.